The molecule has 0 radical (unpaired) electrons. The molecular weight excluding hydrogens is 255 g/mol. The van der Waals surface area contributed by atoms with Gasteiger partial charge < -0.3 is 9.47 Å². The summed E-state index contributed by atoms with van der Waals surface area (Å²) in [4.78, 5) is 12.3. The van der Waals surface area contributed by atoms with Crippen molar-refractivity contribution >= 4 is 5.69 Å². The van der Waals surface area contributed by atoms with Crippen molar-refractivity contribution in [3.8, 4) is 5.75 Å². The van der Waals surface area contributed by atoms with E-state index in [1.165, 1.54) is 6.07 Å². The lowest BCUT2D eigenvalue weighted by atomic mass is 10.3. The molecule has 0 N–H and O–H groups in total. The topological polar surface area (TPSA) is 64.8 Å². The molecule has 0 saturated carbocycles. The number of halogens is 1. The molecule has 1 aromatic rings. The molecule has 104 valence electrons. The second-order valence-corrected chi connectivity index (χ2v) is 4.17. The number of morpholine rings is 1. The first-order valence-corrected chi connectivity index (χ1v) is 6.03. The highest BCUT2D eigenvalue weighted by molar-refractivity contribution is 5.46. The summed E-state index contributed by atoms with van der Waals surface area (Å²) in [6, 6.07) is 3.30. The van der Waals surface area contributed by atoms with Crippen LogP contribution in [0.2, 0.25) is 0 Å². The summed E-state index contributed by atoms with van der Waals surface area (Å²) in [5, 5.41) is 10.8. The third-order valence-corrected chi connectivity index (χ3v) is 2.89. The minimum Gasteiger partial charge on any atom is -0.485 e. The summed E-state index contributed by atoms with van der Waals surface area (Å²) in [5.74, 6) is -0.549. The van der Waals surface area contributed by atoms with Crippen LogP contribution in [0.3, 0.4) is 0 Å². The number of hydrogen-bond donors (Lipinski definition) is 0. The van der Waals surface area contributed by atoms with Crippen molar-refractivity contribution in [1.29, 1.82) is 0 Å². The third kappa shape index (κ3) is 3.87. The maximum absolute atomic E-state index is 12.9. The predicted octanol–water partition coefficient (Wildman–Crippen LogP) is 1.44. The molecule has 1 saturated heterocycles. The van der Waals surface area contributed by atoms with E-state index < -0.39 is 10.7 Å². The van der Waals surface area contributed by atoms with Gasteiger partial charge in [-0.2, -0.15) is 0 Å². The van der Waals surface area contributed by atoms with Crippen molar-refractivity contribution in [2.24, 2.45) is 0 Å². The standard InChI is InChI=1S/C12H15FN2O4/c13-10-1-2-12(11(9-10)15(16)17)19-8-5-14-3-6-18-7-4-14/h1-2,9H,3-8H2. The smallest absolute Gasteiger partial charge is 0.313 e. The van der Waals surface area contributed by atoms with E-state index in [4.69, 9.17) is 9.47 Å². The molecule has 0 atom stereocenters. The van der Waals surface area contributed by atoms with Crippen LogP contribution >= 0.6 is 0 Å². The van der Waals surface area contributed by atoms with Crippen LogP contribution in [0.15, 0.2) is 18.2 Å². The zero-order chi connectivity index (χ0) is 13.7. The Morgan fingerprint density at radius 3 is 2.84 bits per heavy atom. The maximum Gasteiger partial charge on any atom is 0.313 e. The van der Waals surface area contributed by atoms with Gasteiger partial charge in [-0.3, -0.25) is 15.0 Å². The average molecular weight is 270 g/mol. The summed E-state index contributed by atoms with van der Waals surface area (Å²) in [6.45, 7) is 4.03. The molecule has 0 aromatic heterocycles. The fourth-order valence-corrected chi connectivity index (χ4v) is 1.86. The van der Waals surface area contributed by atoms with Crippen molar-refractivity contribution in [3.63, 3.8) is 0 Å². The van der Waals surface area contributed by atoms with Gasteiger partial charge in [-0.05, 0) is 12.1 Å². The Balaban J connectivity index is 1.89. The molecular formula is C12H15FN2O4. The number of nitro benzene ring substituents is 1. The van der Waals surface area contributed by atoms with Gasteiger partial charge >= 0.3 is 5.69 Å². The summed E-state index contributed by atoms with van der Waals surface area (Å²) in [5.41, 5.74) is -0.345. The number of ether oxygens (including phenoxy) is 2. The Morgan fingerprint density at radius 1 is 1.42 bits per heavy atom. The van der Waals surface area contributed by atoms with Crippen molar-refractivity contribution in [2.75, 3.05) is 39.5 Å². The monoisotopic (exact) mass is 270 g/mol. The van der Waals surface area contributed by atoms with E-state index in [1.807, 2.05) is 0 Å². The van der Waals surface area contributed by atoms with Crippen LogP contribution in [0.25, 0.3) is 0 Å². The van der Waals surface area contributed by atoms with Gasteiger partial charge in [0.25, 0.3) is 0 Å². The molecule has 7 heteroatoms. The van der Waals surface area contributed by atoms with Crippen molar-refractivity contribution in [2.45, 2.75) is 0 Å². The van der Waals surface area contributed by atoms with Crippen LogP contribution in [-0.2, 0) is 4.74 Å². The molecule has 1 aliphatic heterocycles. The van der Waals surface area contributed by atoms with Crippen LogP contribution in [0.4, 0.5) is 10.1 Å². The second kappa shape index (κ2) is 6.44. The number of nitrogens with zero attached hydrogens (tertiary/aromatic N) is 2. The highest BCUT2D eigenvalue weighted by atomic mass is 19.1. The number of rotatable bonds is 5. The summed E-state index contributed by atoms with van der Waals surface area (Å²) in [6.07, 6.45) is 0. The van der Waals surface area contributed by atoms with Crippen LogP contribution in [0, 0.1) is 15.9 Å². The zero-order valence-corrected chi connectivity index (χ0v) is 10.4. The van der Waals surface area contributed by atoms with Crippen molar-refractivity contribution < 1.29 is 18.8 Å². The first-order valence-electron chi connectivity index (χ1n) is 6.03. The largest absolute Gasteiger partial charge is 0.485 e. The molecule has 2 rings (SSSR count). The Morgan fingerprint density at radius 2 is 2.16 bits per heavy atom. The van der Waals surface area contributed by atoms with Crippen LogP contribution < -0.4 is 4.74 Å². The van der Waals surface area contributed by atoms with E-state index in [-0.39, 0.29) is 11.4 Å². The fraction of sp³-hybridized carbons (Fsp3) is 0.500. The number of hydrogen-bond acceptors (Lipinski definition) is 5. The Hall–Kier alpha value is -1.73. The predicted molar refractivity (Wildman–Crippen MR) is 65.8 cm³/mol. The molecule has 0 unspecified atom stereocenters. The molecule has 1 aliphatic rings. The molecule has 0 aliphatic carbocycles. The van der Waals surface area contributed by atoms with Gasteiger partial charge in [0, 0.05) is 19.6 Å². The van der Waals surface area contributed by atoms with Gasteiger partial charge in [0.1, 0.15) is 12.4 Å². The molecule has 0 amide bonds. The van der Waals surface area contributed by atoms with Gasteiger partial charge in [-0.15, -0.1) is 0 Å². The van der Waals surface area contributed by atoms with E-state index in [2.05, 4.69) is 4.90 Å². The highest BCUT2D eigenvalue weighted by Gasteiger charge is 2.17. The Kier molecular flexibility index (Phi) is 4.64. The van der Waals surface area contributed by atoms with E-state index >= 15 is 0 Å². The van der Waals surface area contributed by atoms with Crippen LogP contribution in [0.1, 0.15) is 0 Å². The van der Waals surface area contributed by atoms with Crippen molar-refractivity contribution in [3.05, 3.63) is 34.1 Å². The van der Waals surface area contributed by atoms with E-state index in [0.29, 0.717) is 26.4 Å². The highest BCUT2D eigenvalue weighted by Crippen LogP contribution is 2.27. The maximum atomic E-state index is 12.9. The van der Waals surface area contributed by atoms with Crippen LogP contribution in [-0.4, -0.2) is 49.3 Å². The lowest BCUT2D eigenvalue weighted by Gasteiger charge is -2.26. The lowest BCUT2D eigenvalue weighted by molar-refractivity contribution is -0.386. The summed E-state index contributed by atoms with van der Waals surface area (Å²) in [7, 11) is 0. The molecule has 19 heavy (non-hydrogen) atoms. The number of benzene rings is 1. The SMILES string of the molecule is O=[N+]([O-])c1cc(F)ccc1OCCN1CCOCC1. The molecule has 1 fully saturated rings. The molecule has 6 nitrogen and oxygen atoms in total. The minimum absolute atomic E-state index is 0.0969. The lowest BCUT2D eigenvalue weighted by Crippen LogP contribution is -2.38. The van der Waals surface area contributed by atoms with Gasteiger partial charge in [-0.25, -0.2) is 4.39 Å². The van der Waals surface area contributed by atoms with Gasteiger partial charge in [0.05, 0.1) is 24.2 Å². The Bertz CT molecular complexity index is 449. The zero-order valence-electron chi connectivity index (χ0n) is 10.4. The fourth-order valence-electron chi connectivity index (χ4n) is 1.86. The first-order chi connectivity index (χ1) is 9.16. The van der Waals surface area contributed by atoms with Crippen molar-refractivity contribution in [1.82, 2.24) is 4.90 Å². The van der Waals surface area contributed by atoms with E-state index in [1.54, 1.807) is 0 Å². The average Bonchev–Trinajstić information content (AvgIpc) is 2.41. The normalized spacial score (nSPS) is 16.3. The van der Waals surface area contributed by atoms with Gasteiger partial charge in [0.2, 0.25) is 0 Å². The molecule has 1 aromatic carbocycles. The summed E-state index contributed by atoms with van der Waals surface area (Å²) >= 11 is 0. The quantitative estimate of drug-likeness (QED) is 0.598. The minimum atomic E-state index is -0.646. The van der Waals surface area contributed by atoms with Gasteiger partial charge in [-0.1, -0.05) is 0 Å². The molecule has 1 heterocycles. The molecule has 0 spiro atoms. The first kappa shape index (κ1) is 13.7. The summed E-state index contributed by atoms with van der Waals surface area (Å²) < 4.78 is 23.5. The molecule has 0 bridgehead atoms. The third-order valence-electron chi connectivity index (χ3n) is 2.89. The Labute approximate surface area is 109 Å². The van der Waals surface area contributed by atoms with Gasteiger partial charge in [0.15, 0.2) is 5.75 Å². The van der Waals surface area contributed by atoms with E-state index in [0.717, 1.165) is 25.2 Å². The number of nitro groups is 1. The van der Waals surface area contributed by atoms with Crippen LogP contribution in [0.5, 0.6) is 5.75 Å². The van der Waals surface area contributed by atoms with E-state index in [9.17, 15) is 14.5 Å². The second-order valence-electron chi connectivity index (χ2n) is 4.17.